The molecule has 0 saturated carbocycles. The number of hydrogen-bond acceptors (Lipinski definition) is 5. The number of aromatic nitrogens is 1. The number of H-pyrrole nitrogens is 1. The first-order chi connectivity index (χ1) is 17.8. The van der Waals surface area contributed by atoms with Crippen LogP contribution in [-0.4, -0.2) is 38.5 Å². The molecule has 7 heteroatoms. The minimum absolute atomic E-state index is 0.0732. The molecule has 0 aliphatic rings. The molecule has 1 N–H and O–H groups in total. The molecule has 3 aromatic carbocycles. The van der Waals surface area contributed by atoms with Crippen LogP contribution in [0.5, 0.6) is 0 Å². The molecule has 1 unspecified atom stereocenters. The molecule has 1 aromatic heterocycles. The van der Waals surface area contributed by atoms with E-state index in [1.54, 1.807) is 36.2 Å². The number of esters is 1. The van der Waals surface area contributed by atoms with Gasteiger partial charge in [-0.05, 0) is 52.9 Å². The normalized spacial score (nSPS) is 13.1. The number of aryl methyl sites for hydroxylation is 1. The van der Waals surface area contributed by atoms with E-state index in [0.29, 0.717) is 16.8 Å². The van der Waals surface area contributed by atoms with Gasteiger partial charge in [-0.3, -0.25) is 4.79 Å². The minimum Gasteiger partial charge on any atom is -0.469 e. The Morgan fingerprint density at radius 3 is 2.27 bits per heavy atom. The van der Waals surface area contributed by atoms with E-state index < -0.39 is 14.6 Å². The second-order valence-corrected chi connectivity index (χ2v) is 12.5. The zero-order chi connectivity index (χ0) is 26.3. The fourth-order valence-corrected chi connectivity index (χ4v) is 6.99. The average molecular weight is 534 g/mol. The molecule has 0 radical (unpaired) electrons. The first-order valence-electron chi connectivity index (χ1n) is 12.1. The second-order valence-electron chi connectivity index (χ2n) is 9.04. The zero-order valence-electron chi connectivity index (χ0n) is 21.0. The summed E-state index contributed by atoms with van der Waals surface area (Å²) in [6, 6.07) is 29.4. The molecule has 0 fully saturated rings. The van der Waals surface area contributed by atoms with Crippen LogP contribution < -0.4 is 0 Å². The molecule has 37 heavy (non-hydrogen) atoms. The fraction of sp³-hybridized carbons (Fsp3) is 0.233. The van der Waals surface area contributed by atoms with Gasteiger partial charge in [-0.15, -0.1) is 11.8 Å². The summed E-state index contributed by atoms with van der Waals surface area (Å²) in [7, 11) is -2.32. The highest BCUT2D eigenvalue weighted by Crippen LogP contribution is 2.40. The van der Waals surface area contributed by atoms with E-state index in [1.165, 1.54) is 18.9 Å². The SMILES string of the molecule is COC(=O)Cc1cccc(C(Cc2ccc(SCCc3ccccc3)cc2)(c2ccc[nH]2)S(C)(=O)=O)c1. The summed E-state index contributed by atoms with van der Waals surface area (Å²) in [5, 5.41) is 0. The van der Waals surface area contributed by atoms with Gasteiger partial charge in [-0.1, -0.05) is 66.7 Å². The lowest BCUT2D eigenvalue weighted by molar-refractivity contribution is -0.139. The number of sulfone groups is 1. The number of rotatable bonds is 11. The number of thioether (sulfide) groups is 1. The molecular formula is C30H31NO4S2. The van der Waals surface area contributed by atoms with Gasteiger partial charge in [0.2, 0.25) is 0 Å². The van der Waals surface area contributed by atoms with E-state index in [0.717, 1.165) is 22.6 Å². The lowest BCUT2D eigenvalue weighted by Crippen LogP contribution is -2.39. The number of ether oxygens (including phenoxy) is 1. The van der Waals surface area contributed by atoms with E-state index in [4.69, 9.17) is 4.74 Å². The Morgan fingerprint density at radius 2 is 1.62 bits per heavy atom. The van der Waals surface area contributed by atoms with Gasteiger partial charge in [-0.2, -0.15) is 0 Å². The summed E-state index contributed by atoms with van der Waals surface area (Å²) in [5.41, 5.74) is 4.12. The van der Waals surface area contributed by atoms with Gasteiger partial charge in [0.15, 0.2) is 9.84 Å². The van der Waals surface area contributed by atoms with Gasteiger partial charge < -0.3 is 9.72 Å². The minimum atomic E-state index is -3.66. The number of hydrogen-bond donors (Lipinski definition) is 1. The Bertz CT molecular complexity index is 1420. The molecule has 5 nitrogen and oxygen atoms in total. The van der Waals surface area contributed by atoms with Crippen LogP contribution in [0.25, 0.3) is 0 Å². The summed E-state index contributed by atoms with van der Waals surface area (Å²) < 4.78 is 30.6. The van der Waals surface area contributed by atoms with Gasteiger partial charge in [0.05, 0.1) is 13.5 Å². The van der Waals surface area contributed by atoms with Crippen LogP contribution in [0.15, 0.2) is 102 Å². The number of benzene rings is 3. The smallest absolute Gasteiger partial charge is 0.309 e. The van der Waals surface area contributed by atoms with Crippen LogP contribution in [0.3, 0.4) is 0 Å². The molecule has 192 valence electrons. The van der Waals surface area contributed by atoms with Gasteiger partial charge in [0.25, 0.3) is 0 Å². The summed E-state index contributed by atoms with van der Waals surface area (Å²) in [6.45, 7) is 0. The third kappa shape index (κ3) is 6.35. The summed E-state index contributed by atoms with van der Waals surface area (Å²) in [6.07, 6.45) is 4.32. The number of aromatic amines is 1. The molecule has 0 amide bonds. The first kappa shape index (κ1) is 26.8. The van der Waals surface area contributed by atoms with E-state index in [9.17, 15) is 13.2 Å². The Morgan fingerprint density at radius 1 is 0.892 bits per heavy atom. The maximum absolute atomic E-state index is 13.6. The van der Waals surface area contributed by atoms with Crippen molar-refractivity contribution in [3.05, 3.63) is 125 Å². The Labute approximate surface area is 223 Å². The van der Waals surface area contributed by atoms with Crippen LogP contribution >= 0.6 is 11.8 Å². The number of carbonyl (C=O) groups excluding carboxylic acids is 1. The molecule has 4 rings (SSSR count). The lowest BCUT2D eigenvalue weighted by atomic mass is 9.87. The third-order valence-electron chi connectivity index (χ3n) is 6.51. The van der Waals surface area contributed by atoms with Crippen LogP contribution in [0, 0.1) is 0 Å². The van der Waals surface area contributed by atoms with E-state index >= 15 is 0 Å². The molecule has 4 aromatic rings. The van der Waals surface area contributed by atoms with Crippen LogP contribution in [0.2, 0.25) is 0 Å². The molecule has 0 bridgehead atoms. The van der Waals surface area contributed by atoms with Crippen molar-refractivity contribution in [2.75, 3.05) is 19.1 Å². The Balaban J connectivity index is 1.63. The molecule has 1 atom stereocenters. The van der Waals surface area contributed by atoms with E-state index in [2.05, 4.69) is 41.4 Å². The quantitative estimate of drug-likeness (QED) is 0.201. The third-order valence-corrected chi connectivity index (χ3v) is 9.39. The predicted octanol–water partition coefficient (Wildman–Crippen LogP) is 5.60. The van der Waals surface area contributed by atoms with Crippen molar-refractivity contribution in [1.82, 2.24) is 4.98 Å². The van der Waals surface area contributed by atoms with E-state index in [-0.39, 0.29) is 18.8 Å². The van der Waals surface area contributed by atoms with Gasteiger partial charge >= 0.3 is 5.97 Å². The molecule has 0 aliphatic carbocycles. The Kier molecular flexibility index (Phi) is 8.56. The highest BCUT2D eigenvalue weighted by atomic mass is 32.2. The van der Waals surface area contributed by atoms with Crippen molar-refractivity contribution in [3.8, 4) is 0 Å². The molecule has 0 spiro atoms. The monoisotopic (exact) mass is 533 g/mol. The van der Waals surface area contributed by atoms with Crippen molar-refractivity contribution < 1.29 is 17.9 Å². The largest absolute Gasteiger partial charge is 0.469 e. The van der Waals surface area contributed by atoms with Crippen molar-refractivity contribution in [2.24, 2.45) is 0 Å². The molecular weight excluding hydrogens is 502 g/mol. The Hall–Kier alpha value is -3.29. The van der Waals surface area contributed by atoms with Gasteiger partial charge in [0.1, 0.15) is 4.75 Å². The highest BCUT2D eigenvalue weighted by Gasteiger charge is 2.45. The van der Waals surface area contributed by atoms with Gasteiger partial charge in [0, 0.05) is 35.2 Å². The van der Waals surface area contributed by atoms with E-state index in [1.807, 2.05) is 36.4 Å². The number of carbonyl (C=O) groups is 1. The number of methoxy groups -OCH3 is 1. The van der Waals surface area contributed by atoms with Crippen molar-refractivity contribution >= 4 is 27.6 Å². The average Bonchev–Trinajstić information content (AvgIpc) is 3.43. The fourth-order valence-electron chi connectivity index (χ4n) is 4.57. The molecule has 1 heterocycles. The van der Waals surface area contributed by atoms with Crippen molar-refractivity contribution in [1.29, 1.82) is 0 Å². The standard InChI is InChI=1S/C30H31NO4S2/c1-35-29(32)21-25-10-6-11-26(20-25)30(37(2,33)34,28-12-7-18-31-28)22-24-13-15-27(16-14-24)36-19-17-23-8-4-3-5-9-23/h3-16,18,20,31H,17,19,21-22H2,1-2H3. The second kappa shape index (κ2) is 11.8. The topological polar surface area (TPSA) is 76.2 Å². The first-order valence-corrected chi connectivity index (χ1v) is 14.9. The van der Waals surface area contributed by atoms with Crippen molar-refractivity contribution in [2.45, 2.75) is 28.9 Å². The van der Waals surface area contributed by atoms with Gasteiger partial charge in [-0.25, -0.2) is 8.42 Å². The maximum atomic E-state index is 13.6. The lowest BCUT2D eigenvalue weighted by Gasteiger charge is -2.32. The zero-order valence-corrected chi connectivity index (χ0v) is 22.6. The highest BCUT2D eigenvalue weighted by molar-refractivity contribution is 7.99. The maximum Gasteiger partial charge on any atom is 0.309 e. The predicted molar refractivity (Wildman–Crippen MR) is 150 cm³/mol. The van der Waals surface area contributed by atoms with Crippen LogP contribution in [0.1, 0.15) is 27.9 Å². The van der Waals surface area contributed by atoms with Crippen LogP contribution in [-0.2, 0) is 43.4 Å². The number of nitrogens with one attached hydrogen (secondary N) is 1. The molecule has 0 saturated heterocycles. The summed E-state index contributed by atoms with van der Waals surface area (Å²) >= 11 is 1.78. The summed E-state index contributed by atoms with van der Waals surface area (Å²) in [4.78, 5) is 16.2. The van der Waals surface area contributed by atoms with Crippen LogP contribution in [0.4, 0.5) is 0 Å². The van der Waals surface area contributed by atoms with Crippen molar-refractivity contribution in [3.63, 3.8) is 0 Å². The summed E-state index contributed by atoms with van der Waals surface area (Å²) in [5.74, 6) is 0.592. The molecule has 0 aliphatic heterocycles.